The zero-order valence-corrected chi connectivity index (χ0v) is 13.0. The van der Waals surface area contributed by atoms with Gasteiger partial charge in [-0.15, -0.1) is 0 Å². The molecule has 0 aromatic rings. The van der Waals surface area contributed by atoms with Crippen LogP contribution in [0.5, 0.6) is 0 Å². The molecule has 0 fully saturated rings. The van der Waals surface area contributed by atoms with Crippen LogP contribution < -0.4 is 71.9 Å². The number of Topliss-reactive ketones (excluding diaryl/α,β-unsaturated/α-hetero) is 1. The Morgan fingerprint density at radius 3 is 1.33 bits per heavy atom. The molecule has 0 aromatic carbocycles. The van der Waals surface area contributed by atoms with E-state index in [4.69, 9.17) is 0 Å². The van der Waals surface area contributed by atoms with Crippen molar-refractivity contribution < 1.29 is 76.7 Å². The summed E-state index contributed by atoms with van der Waals surface area (Å²) in [5, 5.41) is 0. The largest absolute Gasteiger partial charge is 3.00 e. The number of halogens is 3. The molecule has 9 heavy (non-hydrogen) atoms. The van der Waals surface area contributed by atoms with Crippen molar-refractivity contribution in [2.75, 3.05) is 0 Å². The molecule has 0 N–H and O–H groups in total. The van der Waals surface area contributed by atoms with Crippen molar-refractivity contribution in [3.63, 3.8) is 0 Å². The van der Waals surface area contributed by atoms with Gasteiger partial charge in [0.05, 0.1) is 0 Å². The fourth-order valence-corrected chi connectivity index (χ4v) is 0. The van der Waals surface area contributed by atoms with Gasteiger partial charge in [-0.25, -0.2) is 0 Å². The van der Waals surface area contributed by atoms with E-state index in [1.165, 1.54) is 0 Å². The van der Waals surface area contributed by atoms with Crippen LogP contribution in [-0.2, 0) is 4.79 Å². The van der Waals surface area contributed by atoms with E-state index in [1.54, 1.807) is 6.92 Å². The van der Waals surface area contributed by atoms with Crippen LogP contribution in [0.3, 0.4) is 0 Å². The summed E-state index contributed by atoms with van der Waals surface area (Å²) in [4.78, 5) is 9.81. The Kier molecular flexibility index (Phi) is 75.1. The molecule has 0 unspecified atom stereocenters. The van der Waals surface area contributed by atoms with Crippen molar-refractivity contribution in [1.29, 1.82) is 0 Å². The quantitative estimate of drug-likeness (QED) is 0.270. The van der Waals surface area contributed by atoms with E-state index < -0.39 is 0 Å². The van der Waals surface area contributed by atoms with E-state index in [0.29, 0.717) is 6.42 Å². The first-order chi connectivity index (χ1) is 2.27. The molecule has 0 aliphatic rings. The van der Waals surface area contributed by atoms with Gasteiger partial charge in [-0.2, -0.15) is 0 Å². The minimum absolute atomic E-state index is 0. The summed E-state index contributed by atoms with van der Waals surface area (Å²) in [5.74, 6) is 0.255. The number of ketones is 1. The molecule has 0 atom stereocenters. The van der Waals surface area contributed by atoms with Crippen LogP contribution in [0, 0.1) is 0 Å². The Labute approximate surface area is 118 Å². The maximum atomic E-state index is 9.81. The van der Waals surface area contributed by atoms with E-state index in [2.05, 4.69) is 0 Å². The molecular formula is C4H8AlI3O. The SMILES string of the molecule is CCC(C)=O.[Al+3].[I-].[I-].[I-]. The average Bonchev–Trinajstić information content (AvgIpc) is 1.38. The van der Waals surface area contributed by atoms with Gasteiger partial charge in [0.2, 0.25) is 0 Å². The first-order valence-electron chi connectivity index (χ1n) is 1.76. The maximum absolute atomic E-state index is 9.81. The summed E-state index contributed by atoms with van der Waals surface area (Å²) in [6, 6.07) is 0. The summed E-state index contributed by atoms with van der Waals surface area (Å²) in [7, 11) is 0. The Morgan fingerprint density at radius 2 is 1.33 bits per heavy atom. The molecule has 1 nitrogen and oxygen atoms in total. The number of carbonyl (C=O) groups excluding carboxylic acids is 1. The Balaban J connectivity index is -0.0000000133. The van der Waals surface area contributed by atoms with Gasteiger partial charge in [-0.3, -0.25) is 0 Å². The van der Waals surface area contributed by atoms with Gasteiger partial charge in [0, 0.05) is 6.42 Å². The van der Waals surface area contributed by atoms with Crippen molar-refractivity contribution in [3.05, 3.63) is 0 Å². The van der Waals surface area contributed by atoms with Crippen molar-refractivity contribution in [1.82, 2.24) is 0 Å². The van der Waals surface area contributed by atoms with E-state index in [-0.39, 0.29) is 95.1 Å². The second-order valence-electron chi connectivity index (χ2n) is 1.06. The minimum Gasteiger partial charge on any atom is -1.00 e. The predicted molar refractivity (Wildman–Crippen MR) is 26.7 cm³/mol. The van der Waals surface area contributed by atoms with Crippen molar-refractivity contribution in [2.45, 2.75) is 20.3 Å². The zero-order valence-electron chi connectivity index (χ0n) is 5.33. The van der Waals surface area contributed by atoms with Crippen LogP contribution >= 0.6 is 0 Å². The molecule has 0 rings (SSSR count). The zero-order chi connectivity index (χ0) is 4.28. The normalized spacial score (nSPS) is 4.22. The summed E-state index contributed by atoms with van der Waals surface area (Å²) in [5.41, 5.74) is 0. The fraction of sp³-hybridized carbons (Fsp3) is 0.750. The molecule has 5 heteroatoms. The van der Waals surface area contributed by atoms with Crippen LogP contribution in [0.1, 0.15) is 20.3 Å². The number of rotatable bonds is 1. The minimum atomic E-state index is 0. The third-order valence-corrected chi connectivity index (χ3v) is 0.498. The van der Waals surface area contributed by atoms with Gasteiger partial charge >= 0.3 is 17.4 Å². The smallest absolute Gasteiger partial charge is 1.00 e. The molecule has 0 bridgehead atoms. The van der Waals surface area contributed by atoms with E-state index >= 15 is 0 Å². The monoisotopic (exact) mass is 480 g/mol. The van der Waals surface area contributed by atoms with Gasteiger partial charge in [0.15, 0.2) is 0 Å². The molecule has 0 amide bonds. The number of hydrogen-bond acceptors (Lipinski definition) is 1. The first-order valence-corrected chi connectivity index (χ1v) is 1.76. The molecule has 0 radical (unpaired) electrons. The van der Waals surface area contributed by atoms with E-state index in [9.17, 15) is 4.79 Å². The molecule has 0 heterocycles. The summed E-state index contributed by atoms with van der Waals surface area (Å²) < 4.78 is 0. The Morgan fingerprint density at radius 1 is 1.22 bits per heavy atom. The van der Waals surface area contributed by atoms with Crippen LogP contribution in [0.15, 0.2) is 0 Å². The fourth-order valence-electron chi connectivity index (χ4n) is 0. The van der Waals surface area contributed by atoms with Crippen LogP contribution in [0.4, 0.5) is 0 Å². The van der Waals surface area contributed by atoms with Crippen LogP contribution in [-0.4, -0.2) is 23.1 Å². The third kappa shape index (κ3) is 37.9. The average molecular weight is 480 g/mol. The summed E-state index contributed by atoms with van der Waals surface area (Å²) >= 11 is 0. The van der Waals surface area contributed by atoms with Crippen molar-refractivity contribution >= 4 is 23.1 Å². The molecule has 0 saturated heterocycles. The number of hydrogen-bond donors (Lipinski definition) is 0. The second-order valence-corrected chi connectivity index (χ2v) is 1.06. The molecule has 0 aromatic heterocycles. The maximum Gasteiger partial charge on any atom is 3.00 e. The van der Waals surface area contributed by atoms with Crippen LogP contribution in [0.2, 0.25) is 0 Å². The second kappa shape index (κ2) is 22.4. The van der Waals surface area contributed by atoms with Crippen molar-refractivity contribution in [3.8, 4) is 0 Å². The van der Waals surface area contributed by atoms with Gasteiger partial charge in [-0.05, 0) is 6.92 Å². The summed E-state index contributed by atoms with van der Waals surface area (Å²) in [6.07, 6.45) is 0.667. The van der Waals surface area contributed by atoms with Gasteiger partial charge in [0.25, 0.3) is 0 Å². The number of carbonyl (C=O) groups is 1. The van der Waals surface area contributed by atoms with E-state index in [1.807, 2.05) is 6.92 Å². The summed E-state index contributed by atoms with van der Waals surface area (Å²) in [6.45, 7) is 3.43. The first kappa shape index (κ1) is 30.1. The van der Waals surface area contributed by atoms with Gasteiger partial charge < -0.3 is 76.7 Å². The molecular weight excluding hydrogens is 472 g/mol. The third-order valence-electron chi connectivity index (χ3n) is 0.498. The molecule has 0 aliphatic carbocycles. The predicted octanol–water partition coefficient (Wildman–Crippen LogP) is -8.38. The van der Waals surface area contributed by atoms with E-state index in [0.717, 1.165) is 0 Å². The molecule has 0 spiro atoms. The van der Waals surface area contributed by atoms with Gasteiger partial charge in [-0.1, -0.05) is 6.92 Å². The Hall–Kier alpha value is 2.39. The van der Waals surface area contributed by atoms with Crippen molar-refractivity contribution in [2.24, 2.45) is 0 Å². The Bertz CT molecular complexity index is 51.1. The standard InChI is InChI=1S/C4H8O.Al.3HI/c1-3-4(2)5;;;;/h3H2,1-2H3;;3*1H/q;+3;;;/p-3. The molecule has 54 valence electrons. The molecule has 0 aliphatic heterocycles. The molecule has 0 saturated carbocycles. The van der Waals surface area contributed by atoms with Gasteiger partial charge in [0.1, 0.15) is 5.78 Å². The topological polar surface area (TPSA) is 17.1 Å². The van der Waals surface area contributed by atoms with Crippen LogP contribution in [0.25, 0.3) is 0 Å².